The summed E-state index contributed by atoms with van der Waals surface area (Å²) in [7, 11) is 1.54. The fourth-order valence-corrected chi connectivity index (χ4v) is 3.75. The summed E-state index contributed by atoms with van der Waals surface area (Å²) in [5.41, 5.74) is -3.06. The molecule has 4 atom stereocenters. The number of nitrogens with one attached hydrogen (secondary N) is 1. The van der Waals surface area contributed by atoms with Crippen LogP contribution in [-0.4, -0.2) is 18.8 Å². The molecule has 3 aliphatic heterocycles. The Kier molecular flexibility index (Phi) is 3.49. The molecule has 3 heterocycles. The summed E-state index contributed by atoms with van der Waals surface area (Å²) in [6.07, 6.45) is -0.981. The van der Waals surface area contributed by atoms with Gasteiger partial charge in [-0.1, -0.05) is 19.1 Å². The highest BCUT2D eigenvalue weighted by Gasteiger charge is 2.77. The van der Waals surface area contributed by atoms with Crippen LogP contribution in [0.2, 0.25) is 0 Å². The van der Waals surface area contributed by atoms with Crippen molar-refractivity contribution in [1.82, 2.24) is 0 Å². The monoisotopic (exact) mass is 336 g/mol. The second kappa shape index (κ2) is 5.21. The van der Waals surface area contributed by atoms with Crippen molar-refractivity contribution >= 4 is 5.90 Å². The maximum atomic E-state index is 9.99. The lowest BCUT2D eigenvalue weighted by Gasteiger charge is -2.60. The van der Waals surface area contributed by atoms with Crippen LogP contribution in [0.15, 0.2) is 24.3 Å². The molecule has 7 heteroatoms. The third-order valence-corrected chi connectivity index (χ3v) is 5.41. The minimum atomic E-state index is -1.86. The van der Waals surface area contributed by atoms with Crippen molar-refractivity contribution in [2.75, 3.05) is 7.11 Å². The third kappa shape index (κ3) is 1.78. The molecule has 3 fully saturated rings. The van der Waals surface area contributed by atoms with E-state index in [2.05, 4.69) is 0 Å². The smallest absolute Gasteiger partial charge is 0.215 e. The van der Waals surface area contributed by atoms with Crippen molar-refractivity contribution in [2.24, 2.45) is 16.7 Å². The molecule has 0 radical (unpaired) electrons. The summed E-state index contributed by atoms with van der Waals surface area (Å²) < 4.78 is 16.7. The molecule has 2 bridgehead atoms. The summed E-state index contributed by atoms with van der Waals surface area (Å²) in [5, 5.41) is 38.0. The van der Waals surface area contributed by atoms with Crippen LogP contribution in [0.5, 0.6) is 5.75 Å². The Morgan fingerprint density at radius 2 is 1.72 bits per heavy atom. The quantitative estimate of drug-likeness (QED) is 0.885. The summed E-state index contributed by atoms with van der Waals surface area (Å²) in [4.78, 5) is 0. The van der Waals surface area contributed by atoms with Crippen LogP contribution < -0.4 is 4.74 Å². The number of fused-ring (bicyclic) bond motifs is 3. The molecule has 0 amide bonds. The molecular weight excluding hydrogens is 320 g/mol. The molecule has 7 nitrogen and oxygen atoms in total. The lowest BCUT2D eigenvalue weighted by atomic mass is 9.51. The van der Waals surface area contributed by atoms with Gasteiger partial charge in [0.15, 0.2) is 10.8 Å². The Labute approximate surface area is 145 Å². The van der Waals surface area contributed by atoms with Crippen molar-refractivity contribution < 1.29 is 14.2 Å². The Bertz CT molecular complexity index is 846. The molecule has 0 spiro atoms. The number of nitriles is 3. The predicted octanol–water partition coefficient (Wildman–Crippen LogP) is 2.67. The number of rotatable bonds is 2. The predicted molar refractivity (Wildman–Crippen MR) is 84.9 cm³/mol. The summed E-state index contributed by atoms with van der Waals surface area (Å²) in [6, 6.07) is 12.8. The fourth-order valence-electron chi connectivity index (χ4n) is 3.75. The van der Waals surface area contributed by atoms with Gasteiger partial charge >= 0.3 is 0 Å². The van der Waals surface area contributed by atoms with Gasteiger partial charge in [-0.2, -0.15) is 15.8 Å². The van der Waals surface area contributed by atoms with Crippen LogP contribution in [0.3, 0.4) is 0 Å². The first-order chi connectivity index (χ1) is 11.8. The Morgan fingerprint density at radius 3 is 2.20 bits per heavy atom. The van der Waals surface area contributed by atoms with Gasteiger partial charge in [-0.15, -0.1) is 0 Å². The molecule has 3 aliphatic rings. The number of hydrogen-bond acceptors (Lipinski definition) is 7. The molecule has 1 aromatic carbocycles. The van der Waals surface area contributed by atoms with Gasteiger partial charge in [-0.25, -0.2) is 0 Å². The van der Waals surface area contributed by atoms with Crippen molar-refractivity contribution in [3.05, 3.63) is 29.8 Å². The van der Waals surface area contributed by atoms with Crippen LogP contribution >= 0.6 is 0 Å². The van der Waals surface area contributed by atoms with Crippen LogP contribution in [0, 0.1) is 56.2 Å². The average molecular weight is 336 g/mol. The molecule has 4 rings (SSSR count). The molecule has 0 aliphatic carbocycles. The van der Waals surface area contributed by atoms with Gasteiger partial charge in [0.05, 0.1) is 31.2 Å². The van der Waals surface area contributed by atoms with E-state index in [-0.39, 0.29) is 0 Å². The van der Waals surface area contributed by atoms with Gasteiger partial charge in [0, 0.05) is 6.92 Å². The van der Waals surface area contributed by atoms with Crippen molar-refractivity contribution in [2.45, 2.75) is 25.7 Å². The van der Waals surface area contributed by atoms with E-state index in [9.17, 15) is 15.8 Å². The molecule has 1 aromatic rings. The average Bonchev–Trinajstić information content (AvgIpc) is 2.63. The lowest BCUT2D eigenvalue weighted by Crippen LogP contribution is -2.71. The van der Waals surface area contributed by atoms with Crippen LogP contribution in [-0.2, 0) is 9.47 Å². The maximum Gasteiger partial charge on any atom is 0.215 e. The van der Waals surface area contributed by atoms with Gasteiger partial charge < -0.3 is 14.2 Å². The van der Waals surface area contributed by atoms with Crippen LogP contribution in [0.4, 0.5) is 0 Å². The third-order valence-electron chi connectivity index (χ3n) is 5.41. The van der Waals surface area contributed by atoms with Crippen LogP contribution in [0.1, 0.15) is 25.5 Å². The van der Waals surface area contributed by atoms with E-state index >= 15 is 0 Å². The highest BCUT2D eigenvalue weighted by atomic mass is 16.7. The second-order valence-corrected chi connectivity index (χ2v) is 6.39. The zero-order valence-corrected chi connectivity index (χ0v) is 14.0. The zero-order valence-electron chi connectivity index (χ0n) is 14.0. The number of ether oxygens (including phenoxy) is 3. The minimum absolute atomic E-state index is 0.411. The molecule has 0 aromatic heterocycles. The topological polar surface area (TPSA) is 123 Å². The van der Waals surface area contributed by atoms with Gasteiger partial charge in [0.25, 0.3) is 0 Å². The summed E-state index contributed by atoms with van der Waals surface area (Å²) in [6.45, 7) is 3.22. The standard InChI is InChI=1S/C18H16N4O3/c1-11-16(2)24-14(12-4-6-13(23-3)7-5-12)18(10-21,15(22)25-16)17(11,8-19)9-20/h4-7,11,14,22H,1-3H3. The highest BCUT2D eigenvalue weighted by Crippen LogP contribution is 2.66. The summed E-state index contributed by atoms with van der Waals surface area (Å²) >= 11 is 0. The first-order valence-corrected chi connectivity index (χ1v) is 7.68. The van der Waals surface area contributed by atoms with E-state index in [0.717, 1.165) is 0 Å². The molecule has 0 saturated carbocycles. The van der Waals surface area contributed by atoms with Crippen LogP contribution in [0.25, 0.3) is 0 Å². The molecule has 4 unspecified atom stereocenters. The van der Waals surface area contributed by atoms with E-state index in [1.807, 2.05) is 18.2 Å². The number of methoxy groups -OCH3 is 1. The molecule has 3 saturated heterocycles. The van der Waals surface area contributed by atoms with E-state index in [0.29, 0.717) is 11.3 Å². The van der Waals surface area contributed by atoms with Gasteiger partial charge in [0.1, 0.15) is 11.9 Å². The van der Waals surface area contributed by atoms with E-state index in [4.69, 9.17) is 19.6 Å². The molecule has 25 heavy (non-hydrogen) atoms. The largest absolute Gasteiger partial charge is 0.497 e. The Hall–Kier alpha value is -3.08. The number of benzene rings is 1. The van der Waals surface area contributed by atoms with E-state index < -0.39 is 34.5 Å². The second-order valence-electron chi connectivity index (χ2n) is 6.39. The van der Waals surface area contributed by atoms with E-state index in [1.165, 1.54) is 7.11 Å². The molecule has 126 valence electrons. The van der Waals surface area contributed by atoms with E-state index in [1.54, 1.807) is 38.1 Å². The minimum Gasteiger partial charge on any atom is -0.497 e. The highest BCUT2D eigenvalue weighted by molar-refractivity contribution is 5.88. The SMILES string of the molecule is COc1ccc(C2OC3(C)OC(=N)C2(C#N)C(C#N)(C#N)C3C)cc1. The number of hydrogen-bond donors (Lipinski definition) is 1. The van der Waals surface area contributed by atoms with Crippen molar-refractivity contribution in [3.8, 4) is 24.0 Å². The normalized spacial score (nSPS) is 35.0. The summed E-state index contributed by atoms with van der Waals surface area (Å²) in [5.74, 6) is -1.87. The van der Waals surface area contributed by atoms with Gasteiger partial charge in [-0.3, -0.25) is 5.41 Å². The zero-order chi connectivity index (χ0) is 18.5. The first kappa shape index (κ1) is 16.8. The van der Waals surface area contributed by atoms with Crippen molar-refractivity contribution in [1.29, 1.82) is 21.2 Å². The Morgan fingerprint density at radius 1 is 1.12 bits per heavy atom. The lowest BCUT2D eigenvalue weighted by molar-refractivity contribution is -0.338. The Balaban J connectivity index is 2.27. The maximum absolute atomic E-state index is 9.99. The van der Waals surface area contributed by atoms with Crippen molar-refractivity contribution in [3.63, 3.8) is 0 Å². The fraction of sp³-hybridized carbons (Fsp3) is 0.444. The number of nitrogens with zero attached hydrogens (tertiary/aromatic N) is 3. The van der Waals surface area contributed by atoms with Gasteiger partial charge in [0.2, 0.25) is 11.7 Å². The first-order valence-electron chi connectivity index (χ1n) is 7.68. The van der Waals surface area contributed by atoms with Gasteiger partial charge in [-0.05, 0) is 17.7 Å². The molecule has 1 N–H and O–H groups in total. The molecular formula is C18H16N4O3.